The maximum Gasteiger partial charge on any atom is 0.244 e. The fraction of sp³-hybridized carbons (Fsp3) is 0.278. The van der Waals surface area contributed by atoms with E-state index >= 15 is 0 Å². The highest BCUT2D eigenvalue weighted by Gasteiger charge is 2.27. The van der Waals surface area contributed by atoms with Crippen LogP contribution in [0.4, 0.5) is 5.82 Å². The van der Waals surface area contributed by atoms with Gasteiger partial charge in [-0.25, -0.2) is 9.97 Å². The van der Waals surface area contributed by atoms with Gasteiger partial charge in [0, 0.05) is 26.2 Å². The molecule has 0 saturated carbocycles. The van der Waals surface area contributed by atoms with Crippen LogP contribution in [0.25, 0.3) is 10.2 Å². The van der Waals surface area contributed by atoms with Crippen molar-refractivity contribution in [1.82, 2.24) is 14.9 Å². The van der Waals surface area contributed by atoms with E-state index in [4.69, 9.17) is 5.73 Å². The Labute approximate surface area is 149 Å². The summed E-state index contributed by atoms with van der Waals surface area (Å²) in [5, 5.41) is 3.11. The molecule has 1 amide bonds. The zero-order valence-electron chi connectivity index (χ0n) is 13.7. The van der Waals surface area contributed by atoms with Crippen molar-refractivity contribution in [3.05, 3.63) is 53.7 Å². The van der Waals surface area contributed by atoms with Gasteiger partial charge in [-0.1, -0.05) is 30.3 Å². The minimum Gasteiger partial charge on any atom is -0.352 e. The maximum atomic E-state index is 12.7. The van der Waals surface area contributed by atoms with E-state index in [0.29, 0.717) is 13.1 Å². The van der Waals surface area contributed by atoms with Crippen LogP contribution in [0.15, 0.2) is 48.1 Å². The predicted octanol–water partition coefficient (Wildman–Crippen LogP) is 2.04. The fourth-order valence-electron chi connectivity index (χ4n) is 3.17. The van der Waals surface area contributed by atoms with Gasteiger partial charge in [0.1, 0.15) is 23.0 Å². The molecule has 128 valence electrons. The molecule has 1 unspecified atom stereocenters. The van der Waals surface area contributed by atoms with Gasteiger partial charge in [-0.3, -0.25) is 4.79 Å². The number of rotatable bonds is 3. The summed E-state index contributed by atoms with van der Waals surface area (Å²) >= 11 is 1.61. The normalized spacial score (nSPS) is 16.2. The number of carbonyl (C=O) groups is 1. The lowest BCUT2D eigenvalue weighted by Crippen LogP contribution is -2.51. The topological polar surface area (TPSA) is 75.4 Å². The van der Waals surface area contributed by atoms with Gasteiger partial charge in [0.05, 0.1) is 5.39 Å². The highest BCUT2D eigenvalue weighted by atomic mass is 32.1. The van der Waals surface area contributed by atoms with E-state index in [9.17, 15) is 4.79 Å². The van der Waals surface area contributed by atoms with Crippen molar-refractivity contribution in [1.29, 1.82) is 0 Å². The standard InChI is InChI=1S/C18H19N5OS/c19-15(13-4-2-1-3-5-13)18(24)23-9-7-22(8-10-23)16-14-6-11-25-17(14)21-12-20-16/h1-6,11-12,15H,7-10,19H2. The molecule has 7 heteroatoms. The highest BCUT2D eigenvalue weighted by Crippen LogP contribution is 2.27. The number of benzene rings is 1. The van der Waals surface area contributed by atoms with Gasteiger partial charge in [0.15, 0.2) is 0 Å². The SMILES string of the molecule is NC(C(=O)N1CCN(c2ncnc3sccc23)CC1)c1ccccc1. The number of amides is 1. The molecule has 2 N–H and O–H groups in total. The van der Waals surface area contributed by atoms with Gasteiger partial charge in [0.2, 0.25) is 5.91 Å². The van der Waals surface area contributed by atoms with Crippen LogP contribution in [0.1, 0.15) is 11.6 Å². The molecule has 4 rings (SSSR count). The van der Waals surface area contributed by atoms with E-state index in [1.165, 1.54) is 0 Å². The van der Waals surface area contributed by atoms with E-state index in [2.05, 4.69) is 20.9 Å². The van der Waals surface area contributed by atoms with Crippen molar-refractivity contribution in [2.75, 3.05) is 31.1 Å². The average molecular weight is 353 g/mol. The van der Waals surface area contributed by atoms with Crippen LogP contribution in [0.2, 0.25) is 0 Å². The third kappa shape index (κ3) is 3.08. The number of anilines is 1. The lowest BCUT2D eigenvalue weighted by molar-refractivity contribution is -0.133. The molecule has 0 radical (unpaired) electrons. The summed E-state index contributed by atoms with van der Waals surface area (Å²) in [6.45, 7) is 2.79. The maximum absolute atomic E-state index is 12.7. The van der Waals surface area contributed by atoms with Crippen LogP contribution in [0.3, 0.4) is 0 Å². The van der Waals surface area contributed by atoms with E-state index in [0.717, 1.165) is 34.7 Å². The molecule has 1 aliphatic rings. The average Bonchev–Trinajstić information content (AvgIpc) is 3.16. The van der Waals surface area contributed by atoms with E-state index in [1.807, 2.05) is 40.6 Å². The molecule has 25 heavy (non-hydrogen) atoms. The second-order valence-corrected chi connectivity index (χ2v) is 6.93. The van der Waals surface area contributed by atoms with Crippen LogP contribution in [0, 0.1) is 0 Å². The quantitative estimate of drug-likeness (QED) is 0.780. The molecule has 0 spiro atoms. The third-order valence-corrected chi connectivity index (χ3v) is 5.38. The number of fused-ring (bicyclic) bond motifs is 1. The Morgan fingerprint density at radius 1 is 1.08 bits per heavy atom. The van der Waals surface area contributed by atoms with Crippen molar-refractivity contribution in [2.45, 2.75) is 6.04 Å². The van der Waals surface area contributed by atoms with Crippen molar-refractivity contribution < 1.29 is 4.79 Å². The van der Waals surface area contributed by atoms with E-state index in [1.54, 1.807) is 17.7 Å². The zero-order chi connectivity index (χ0) is 17.2. The Morgan fingerprint density at radius 3 is 2.60 bits per heavy atom. The predicted molar refractivity (Wildman–Crippen MR) is 99.6 cm³/mol. The number of aromatic nitrogens is 2. The monoisotopic (exact) mass is 353 g/mol. The molecule has 3 heterocycles. The fourth-order valence-corrected chi connectivity index (χ4v) is 3.89. The largest absolute Gasteiger partial charge is 0.352 e. The molecule has 2 aromatic heterocycles. The zero-order valence-corrected chi connectivity index (χ0v) is 14.5. The number of nitrogens with zero attached hydrogens (tertiary/aromatic N) is 4. The van der Waals surface area contributed by atoms with Crippen LogP contribution in [-0.4, -0.2) is 47.0 Å². The molecular formula is C18H19N5OS. The lowest BCUT2D eigenvalue weighted by Gasteiger charge is -2.36. The number of piperazine rings is 1. The van der Waals surface area contributed by atoms with Gasteiger partial charge in [0.25, 0.3) is 0 Å². The van der Waals surface area contributed by atoms with Crippen LogP contribution >= 0.6 is 11.3 Å². The molecule has 1 fully saturated rings. The Bertz CT molecular complexity index is 873. The molecular weight excluding hydrogens is 334 g/mol. The Kier molecular flexibility index (Phi) is 4.33. The van der Waals surface area contributed by atoms with Gasteiger partial charge >= 0.3 is 0 Å². The van der Waals surface area contributed by atoms with Crippen LogP contribution in [-0.2, 0) is 4.79 Å². The van der Waals surface area contributed by atoms with Crippen molar-refractivity contribution >= 4 is 33.3 Å². The molecule has 1 aliphatic heterocycles. The summed E-state index contributed by atoms with van der Waals surface area (Å²) in [5.41, 5.74) is 7.00. The van der Waals surface area contributed by atoms with Gasteiger partial charge in [-0.05, 0) is 17.0 Å². The number of hydrogen-bond donors (Lipinski definition) is 1. The summed E-state index contributed by atoms with van der Waals surface area (Å²) in [5.74, 6) is 0.930. The van der Waals surface area contributed by atoms with E-state index in [-0.39, 0.29) is 5.91 Å². The first-order chi connectivity index (χ1) is 12.2. The highest BCUT2D eigenvalue weighted by molar-refractivity contribution is 7.16. The summed E-state index contributed by atoms with van der Waals surface area (Å²) in [7, 11) is 0. The Morgan fingerprint density at radius 2 is 1.84 bits per heavy atom. The summed E-state index contributed by atoms with van der Waals surface area (Å²) in [4.78, 5) is 26.5. The van der Waals surface area contributed by atoms with Crippen molar-refractivity contribution in [2.24, 2.45) is 5.73 Å². The molecule has 1 atom stereocenters. The molecule has 0 bridgehead atoms. The minimum absolute atomic E-state index is 0.0192. The molecule has 3 aromatic rings. The molecule has 1 aromatic carbocycles. The van der Waals surface area contributed by atoms with Crippen molar-refractivity contribution in [3.63, 3.8) is 0 Å². The summed E-state index contributed by atoms with van der Waals surface area (Å²) in [6, 6.07) is 11.0. The van der Waals surface area contributed by atoms with Gasteiger partial charge in [-0.15, -0.1) is 11.3 Å². The van der Waals surface area contributed by atoms with Gasteiger partial charge in [-0.2, -0.15) is 0 Å². The van der Waals surface area contributed by atoms with Crippen molar-refractivity contribution in [3.8, 4) is 0 Å². The van der Waals surface area contributed by atoms with Crippen LogP contribution in [0.5, 0.6) is 0 Å². The minimum atomic E-state index is -0.601. The van der Waals surface area contributed by atoms with Gasteiger partial charge < -0.3 is 15.5 Å². The molecule has 0 aliphatic carbocycles. The third-order valence-electron chi connectivity index (χ3n) is 4.56. The first kappa shape index (κ1) is 16.0. The smallest absolute Gasteiger partial charge is 0.244 e. The second-order valence-electron chi connectivity index (χ2n) is 6.04. The first-order valence-corrected chi connectivity index (χ1v) is 9.14. The van der Waals surface area contributed by atoms with E-state index < -0.39 is 6.04 Å². The number of carbonyl (C=O) groups excluding carboxylic acids is 1. The molecule has 6 nitrogen and oxygen atoms in total. The summed E-state index contributed by atoms with van der Waals surface area (Å²) < 4.78 is 0. The van der Waals surface area contributed by atoms with Crippen LogP contribution < -0.4 is 10.6 Å². The number of nitrogens with two attached hydrogens (primary N) is 1. The Hall–Kier alpha value is -2.51. The number of thiophene rings is 1. The lowest BCUT2D eigenvalue weighted by atomic mass is 10.1. The summed E-state index contributed by atoms with van der Waals surface area (Å²) in [6.07, 6.45) is 1.61. The first-order valence-electron chi connectivity index (χ1n) is 8.26. The Balaban J connectivity index is 1.45. The second kappa shape index (κ2) is 6.78. The molecule has 1 saturated heterocycles. The number of hydrogen-bond acceptors (Lipinski definition) is 6.